The molecule has 3 N–H and O–H groups in total. The summed E-state index contributed by atoms with van der Waals surface area (Å²) in [7, 11) is 0. The molecule has 4 aliphatic rings. The second kappa shape index (κ2) is 5.75. The van der Waals surface area contributed by atoms with Gasteiger partial charge in [-0.15, -0.1) is 0 Å². The van der Waals surface area contributed by atoms with Gasteiger partial charge in [-0.1, -0.05) is 12.2 Å². The first-order valence-corrected chi connectivity index (χ1v) is 8.76. The van der Waals surface area contributed by atoms with E-state index in [2.05, 4.69) is 5.32 Å². The first kappa shape index (κ1) is 15.1. The number of hydrogen-bond acceptors (Lipinski definition) is 2. The predicted octanol–water partition coefficient (Wildman–Crippen LogP) is 2.66. The van der Waals surface area contributed by atoms with Gasteiger partial charge in [0.1, 0.15) is 0 Å². The van der Waals surface area contributed by atoms with E-state index in [-0.39, 0.29) is 11.6 Å². The molecule has 0 aromatic rings. The Morgan fingerprint density at radius 3 is 2.19 bits per heavy atom. The van der Waals surface area contributed by atoms with Gasteiger partial charge in [-0.2, -0.15) is 0 Å². The van der Waals surface area contributed by atoms with E-state index in [1.165, 1.54) is 38.5 Å². The number of thiocarbonyl (C=S) groups is 1. The van der Waals surface area contributed by atoms with Gasteiger partial charge < -0.3 is 16.0 Å². The summed E-state index contributed by atoms with van der Waals surface area (Å²) in [4.78, 5) is 14.9. The van der Waals surface area contributed by atoms with Gasteiger partial charge in [0, 0.05) is 25.0 Å². The van der Waals surface area contributed by atoms with Crippen LogP contribution in [0.2, 0.25) is 0 Å². The molecule has 4 bridgehead atoms. The van der Waals surface area contributed by atoms with Crippen molar-refractivity contribution in [1.82, 2.24) is 10.2 Å². The maximum Gasteiger partial charge on any atom is 0.317 e. The van der Waals surface area contributed by atoms with Crippen LogP contribution in [-0.2, 0) is 0 Å². The van der Waals surface area contributed by atoms with Crippen LogP contribution in [0.1, 0.15) is 51.9 Å². The lowest BCUT2D eigenvalue weighted by atomic mass is 9.53. The molecule has 4 saturated carbocycles. The number of rotatable bonds is 5. The number of hydrogen-bond donors (Lipinski definition) is 2. The second-order valence-electron chi connectivity index (χ2n) is 7.42. The van der Waals surface area contributed by atoms with Crippen LogP contribution in [0.4, 0.5) is 4.79 Å². The van der Waals surface area contributed by atoms with Crippen molar-refractivity contribution in [2.45, 2.75) is 57.4 Å². The highest BCUT2D eigenvalue weighted by atomic mass is 32.1. The zero-order valence-corrected chi connectivity index (χ0v) is 13.8. The number of urea groups is 1. The molecule has 4 aliphatic carbocycles. The fourth-order valence-corrected chi connectivity index (χ4v) is 5.31. The average molecular weight is 309 g/mol. The summed E-state index contributed by atoms with van der Waals surface area (Å²) in [6.45, 7) is 3.35. The molecular weight excluding hydrogens is 282 g/mol. The molecule has 21 heavy (non-hydrogen) atoms. The van der Waals surface area contributed by atoms with Gasteiger partial charge in [0.05, 0.1) is 4.99 Å². The van der Waals surface area contributed by atoms with E-state index < -0.39 is 0 Å². The highest BCUT2D eigenvalue weighted by Crippen LogP contribution is 2.55. The minimum absolute atomic E-state index is 0.0794. The Kier molecular flexibility index (Phi) is 4.12. The number of nitrogens with two attached hydrogens (primary N) is 1. The van der Waals surface area contributed by atoms with Gasteiger partial charge in [0.15, 0.2) is 0 Å². The van der Waals surface area contributed by atoms with E-state index in [1.807, 2.05) is 11.8 Å². The van der Waals surface area contributed by atoms with Crippen molar-refractivity contribution in [2.24, 2.45) is 23.5 Å². The lowest BCUT2D eigenvalue weighted by Gasteiger charge is -2.57. The van der Waals surface area contributed by atoms with E-state index in [4.69, 9.17) is 18.0 Å². The first-order valence-electron chi connectivity index (χ1n) is 8.35. The van der Waals surface area contributed by atoms with Crippen molar-refractivity contribution in [2.75, 3.05) is 13.1 Å². The maximum atomic E-state index is 12.6. The van der Waals surface area contributed by atoms with E-state index in [9.17, 15) is 4.79 Å². The van der Waals surface area contributed by atoms with E-state index >= 15 is 0 Å². The van der Waals surface area contributed by atoms with Crippen LogP contribution in [-0.4, -0.2) is 34.5 Å². The quantitative estimate of drug-likeness (QED) is 0.768. The molecule has 0 aliphatic heterocycles. The third kappa shape index (κ3) is 3.17. The van der Waals surface area contributed by atoms with Crippen molar-refractivity contribution in [1.29, 1.82) is 0 Å². The number of carbonyl (C=O) groups excluding carboxylic acids is 1. The molecule has 2 amide bonds. The Labute approximate surface area is 132 Å². The molecule has 0 unspecified atom stereocenters. The molecule has 4 fully saturated rings. The van der Waals surface area contributed by atoms with Crippen molar-refractivity contribution >= 4 is 23.2 Å². The van der Waals surface area contributed by atoms with Crippen molar-refractivity contribution in [3.8, 4) is 0 Å². The van der Waals surface area contributed by atoms with Crippen LogP contribution >= 0.6 is 12.2 Å². The third-order valence-electron chi connectivity index (χ3n) is 5.71. The highest BCUT2D eigenvalue weighted by molar-refractivity contribution is 7.80. The van der Waals surface area contributed by atoms with E-state index in [1.54, 1.807) is 0 Å². The molecule has 0 radical (unpaired) electrons. The maximum absolute atomic E-state index is 12.6. The average Bonchev–Trinajstić information content (AvgIpc) is 2.36. The molecule has 0 atom stereocenters. The molecule has 118 valence electrons. The Morgan fingerprint density at radius 2 is 1.76 bits per heavy atom. The van der Waals surface area contributed by atoms with E-state index in [0.717, 1.165) is 17.8 Å². The summed E-state index contributed by atoms with van der Waals surface area (Å²) in [5.41, 5.74) is 5.64. The van der Waals surface area contributed by atoms with Gasteiger partial charge in [-0.25, -0.2) is 4.79 Å². The van der Waals surface area contributed by atoms with Crippen LogP contribution in [0, 0.1) is 17.8 Å². The van der Waals surface area contributed by atoms with Gasteiger partial charge in [0.2, 0.25) is 0 Å². The van der Waals surface area contributed by atoms with Crippen molar-refractivity contribution in [3.63, 3.8) is 0 Å². The van der Waals surface area contributed by atoms with Gasteiger partial charge in [-0.05, 0) is 63.2 Å². The second-order valence-corrected chi connectivity index (χ2v) is 7.95. The van der Waals surface area contributed by atoms with Crippen molar-refractivity contribution < 1.29 is 4.79 Å². The first-order chi connectivity index (χ1) is 9.99. The number of carbonyl (C=O) groups is 1. The number of amides is 2. The van der Waals surface area contributed by atoms with E-state index in [0.29, 0.717) is 24.5 Å². The highest BCUT2D eigenvalue weighted by Gasteiger charge is 2.51. The predicted molar refractivity (Wildman–Crippen MR) is 88.1 cm³/mol. The van der Waals surface area contributed by atoms with Crippen LogP contribution in [0.15, 0.2) is 0 Å². The molecule has 0 aromatic carbocycles. The molecule has 4 rings (SSSR count). The fourth-order valence-electron chi connectivity index (χ4n) is 5.22. The molecule has 0 spiro atoms. The molecule has 4 nitrogen and oxygen atoms in total. The van der Waals surface area contributed by atoms with Gasteiger partial charge in [-0.3, -0.25) is 0 Å². The smallest absolute Gasteiger partial charge is 0.317 e. The Bertz CT molecular complexity index is 402. The van der Waals surface area contributed by atoms with Crippen LogP contribution < -0.4 is 11.1 Å². The monoisotopic (exact) mass is 309 g/mol. The summed E-state index contributed by atoms with van der Waals surface area (Å²) >= 11 is 4.92. The third-order valence-corrected chi connectivity index (χ3v) is 5.91. The lowest BCUT2D eigenvalue weighted by molar-refractivity contribution is -0.0155. The Balaban J connectivity index is 1.62. The van der Waals surface area contributed by atoms with Gasteiger partial charge >= 0.3 is 6.03 Å². The summed E-state index contributed by atoms with van der Waals surface area (Å²) in [5, 5.41) is 3.40. The summed E-state index contributed by atoms with van der Waals surface area (Å²) < 4.78 is 0. The minimum atomic E-state index is 0.0794. The zero-order chi connectivity index (χ0) is 15.0. The van der Waals surface area contributed by atoms with Crippen LogP contribution in [0.25, 0.3) is 0 Å². The van der Waals surface area contributed by atoms with Gasteiger partial charge in [0.25, 0.3) is 0 Å². The minimum Gasteiger partial charge on any atom is -0.393 e. The summed E-state index contributed by atoms with van der Waals surface area (Å²) in [5.74, 6) is 2.55. The lowest BCUT2D eigenvalue weighted by Crippen LogP contribution is -2.62. The number of nitrogens with one attached hydrogen (secondary N) is 1. The van der Waals surface area contributed by atoms with Crippen LogP contribution in [0.3, 0.4) is 0 Å². The summed E-state index contributed by atoms with van der Waals surface area (Å²) in [6.07, 6.45) is 8.38. The van der Waals surface area contributed by atoms with Crippen LogP contribution in [0.5, 0.6) is 0 Å². The Hall–Kier alpha value is -0.840. The summed E-state index contributed by atoms with van der Waals surface area (Å²) in [6, 6.07) is 0.0794. The zero-order valence-electron chi connectivity index (χ0n) is 12.9. The Morgan fingerprint density at radius 1 is 1.24 bits per heavy atom. The number of nitrogens with zero attached hydrogens (tertiary/aromatic N) is 1. The molecular formula is C16H27N3OS. The topological polar surface area (TPSA) is 58.4 Å². The normalized spacial score (nSPS) is 36.5. The standard InChI is InChI=1S/C16H27N3OS/c1-2-19(4-3-14(17)21)15(20)18-16-8-11-5-12(9-16)7-13(6-11)10-16/h11-13H,2-10H2,1H3,(H2,17,21)(H,18,20). The fraction of sp³-hybridized carbons (Fsp3) is 0.875. The molecule has 0 aromatic heterocycles. The SMILES string of the molecule is CCN(CCC(N)=S)C(=O)NC12CC3CC(CC(C3)C1)C2. The molecule has 0 heterocycles. The van der Waals surface area contributed by atoms with Crippen molar-refractivity contribution in [3.05, 3.63) is 0 Å². The largest absolute Gasteiger partial charge is 0.393 e. The molecule has 5 heteroatoms. The molecule has 0 saturated heterocycles.